The van der Waals surface area contributed by atoms with Gasteiger partial charge in [-0.15, -0.1) is 0 Å². The minimum Gasteiger partial charge on any atom is -0.0625 e. The maximum Gasteiger partial charge on any atom is 0.0500 e. The lowest BCUT2D eigenvalue weighted by atomic mass is 9.61. The summed E-state index contributed by atoms with van der Waals surface area (Å²) < 4.78 is 0. The molecule has 0 aliphatic heterocycles. The van der Waals surface area contributed by atoms with Crippen molar-refractivity contribution in [3.05, 3.63) is 107 Å². The van der Waals surface area contributed by atoms with Gasteiger partial charge in [-0.25, -0.2) is 0 Å². The summed E-state index contributed by atoms with van der Waals surface area (Å²) in [4.78, 5) is 0. The van der Waals surface area contributed by atoms with E-state index < -0.39 is 0 Å². The molecule has 0 amide bonds. The number of benzene rings is 4. The molecular weight excluding hydrogens is 360 g/mol. The van der Waals surface area contributed by atoms with E-state index in [-0.39, 0.29) is 5.41 Å². The molecule has 0 N–H and O–H groups in total. The van der Waals surface area contributed by atoms with Crippen LogP contribution in [0.3, 0.4) is 0 Å². The molecular formula is C30H26. The van der Waals surface area contributed by atoms with Gasteiger partial charge in [0.1, 0.15) is 0 Å². The van der Waals surface area contributed by atoms with E-state index >= 15 is 0 Å². The normalized spacial score (nSPS) is 28.2. The second kappa shape index (κ2) is 5.85. The molecule has 3 aliphatic carbocycles. The van der Waals surface area contributed by atoms with E-state index in [2.05, 4.69) is 91.9 Å². The number of fused-ring (bicyclic) bond motifs is 11. The van der Waals surface area contributed by atoms with Crippen LogP contribution in [0.25, 0.3) is 21.9 Å². The van der Waals surface area contributed by atoms with E-state index in [4.69, 9.17) is 0 Å². The Hall–Kier alpha value is -2.86. The van der Waals surface area contributed by atoms with Crippen molar-refractivity contribution in [2.75, 3.05) is 0 Å². The van der Waals surface area contributed by atoms with Gasteiger partial charge in [-0.3, -0.25) is 0 Å². The molecule has 0 heteroatoms. The Labute approximate surface area is 178 Å². The van der Waals surface area contributed by atoms with Crippen LogP contribution in [0.1, 0.15) is 54.4 Å². The van der Waals surface area contributed by atoms with Crippen molar-refractivity contribution < 1.29 is 0 Å². The zero-order valence-corrected chi connectivity index (χ0v) is 17.4. The second-order valence-corrected chi connectivity index (χ2v) is 9.82. The Morgan fingerprint density at radius 3 is 2.23 bits per heavy atom. The standard InChI is InChI=1S/C30H26/c1-19-14-15-24-22-10-4-6-12-26(22)30(28(24)16-19)27-13-7-5-11-23(27)25-17-20-8-2-3-9-21(20)18-29(25)30/h2-13,17-19,24,28H,14-16H2,1H3. The SMILES string of the molecule is CC1CCC2c3ccccc3C3(c4ccccc4-c4cc5ccccc5cc43)C2C1. The van der Waals surface area contributed by atoms with Crippen molar-refractivity contribution >= 4 is 10.8 Å². The summed E-state index contributed by atoms with van der Waals surface area (Å²) in [5.74, 6) is 2.14. The first-order chi connectivity index (χ1) is 14.8. The first-order valence-electron chi connectivity index (χ1n) is 11.5. The molecule has 0 saturated heterocycles. The first kappa shape index (κ1) is 16.9. The van der Waals surface area contributed by atoms with Crippen molar-refractivity contribution in [3.8, 4) is 11.1 Å². The van der Waals surface area contributed by atoms with Crippen molar-refractivity contribution in [1.82, 2.24) is 0 Å². The zero-order valence-electron chi connectivity index (χ0n) is 17.4. The summed E-state index contributed by atoms with van der Waals surface area (Å²) in [6.45, 7) is 2.47. The van der Waals surface area contributed by atoms with Crippen LogP contribution >= 0.6 is 0 Å². The Kier molecular flexibility index (Phi) is 3.29. The minimum atomic E-state index is 0.00585. The molecule has 1 saturated carbocycles. The fourth-order valence-electron chi connectivity index (χ4n) is 7.30. The van der Waals surface area contributed by atoms with Gasteiger partial charge in [0.05, 0.1) is 5.41 Å². The summed E-state index contributed by atoms with van der Waals surface area (Å²) >= 11 is 0. The maximum absolute atomic E-state index is 2.53. The molecule has 3 aliphatic rings. The Morgan fingerprint density at radius 2 is 1.37 bits per heavy atom. The lowest BCUT2D eigenvalue weighted by molar-refractivity contribution is 0.214. The highest BCUT2D eigenvalue weighted by molar-refractivity contribution is 5.95. The van der Waals surface area contributed by atoms with E-state index in [0.29, 0.717) is 11.8 Å². The molecule has 0 aromatic heterocycles. The Balaban J connectivity index is 1.64. The van der Waals surface area contributed by atoms with E-state index in [1.807, 2.05) is 0 Å². The largest absolute Gasteiger partial charge is 0.0625 e. The van der Waals surface area contributed by atoms with E-state index in [0.717, 1.165) is 5.92 Å². The third-order valence-corrected chi connectivity index (χ3v) is 8.41. The summed E-state index contributed by atoms with van der Waals surface area (Å²) in [5, 5.41) is 2.72. The highest BCUT2D eigenvalue weighted by Crippen LogP contribution is 2.67. The fraction of sp³-hybridized carbons (Fsp3) is 0.267. The molecule has 4 atom stereocenters. The van der Waals surface area contributed by atoms with Gasteiger partial charge < -0.3 is 0 Å². The van der Waals surface area contributed by atoms with Gasteiger partial charge in [-0.1, -0.05) is 86.1 Å². The molecule has 4 unspecified atom stereocenters. The van der Waals surface area contributed by atoms with E-state index in [9.17, 15) is 0 Å². The molecule has 1 fully saturated rings. The molecule has 7 rings (SSSR count). The van der Waals surface area contributed by atoms with Crippen LogP contribution in [-0.2, 0) is 5.41 Å². The highest BCUT2D eigenvalue weighted by atomic mass is 14.6. The van der Waals surface area contributed by atoms with Gasteiger partial charge in [0.25, 0.3) is 0 Å². The van der Waals surface area contributed by atoms with Crippen LogP contribution in [0.4, 0.5) is 0 Å². The minimum absolute atomic E-state index is 0.00585. The van der Waals surface area contributed by atoms with E-state index in [1.165, 1.54) is 41.2 Å². The predicted octanol–water partition coefficient (Wildman–Crippen LogP) is 7.69. The van der Waals surface area contributed by atoms with Crippen LogP contribution in [0.2, 0.25) is 0 Å². The number of rotatable bonds is 0. The average molecular weight is 387 g/mol. The van der Waals surface area contributed by atoms with Crippen molar-refractivity contribution in [2.24, 2.45) is 11.8 Å². The van der Waals surface area contributed by atoms with Crippen molar-refractivity contribution in [2.45, 2.75) is 37.5 Å². The Morgan fingerprint density at radius 1 is 0.667 bits per heavy atom. The van der Waals surface area contributed by atoms with Crippen LogP contribution in [-0.4, -0.2) is 0 Å². The fourth-order valence-corrected chi connectivity index (χ4v) is 7.30. The lowest BCUT2D eigenvalue weighted by Gasteiger charge is -2.41. The lowest BCUT2D eigenvalue weighted by Crippen LogP contribution is -2.36. The smallest absolute Gasteiger partial charge is 0.0500 e. The third kappa shape index (κ3) is 1.93. The quantitative estimate of drug-likeness (QED) is 0.290. The number of hydrogen-bond donors (Lipinski definition) is 0. The highest BCUT2D eigenvalue weighted by Gasteiger charge is 2.58. The Bertz CT molecular complexity index is 1310. The summed E-state index contributed by atoms with van der Waals surface area (Å²) in [7, 11) is 0. The van der Waals surface area contributed by atoms with Crippen LogP contribution in [0, 0.1) is 11.8 Å². The van der Waals surface area contributed by atoms with Crippen LogP contribution < -0.4 is 0 Å². The van der Waals surface area contributed by atoms with Gasteiger partial charge in [-0.05, 0) is 86.9 Å². The van der Waals surface area contributed by atoms with Crippen molar-refractivity contribution in [1.29, 1.82) is 0 Å². The monoisotopic (exact) mass is 386 g/mol. The molecule has 0 bridgehead atoms. The summed E-state index contributed by atoms with van der Waals surface area (Å²) in [5.41, 5.74) is 9.21. The van der Waals surface area contributed by atoms with Gasteiger partial charge in [-0.2, -0.15) is 0 Å². The maximum atomic E-state index is 2.53. The van der Waals surface area contributed by atoms with Crippen LogP contribution in [0.15, 0.2) is 84.9 Å². The van der Waals surface area contributed by atoms with Crippen molar-refractivity contribution in [3.63, 3.8) is 0 Å². The first-order valence-corrected chi connectivity index (χ1v) is 11.5. The zero-order chi connectivity index (χ0) is 19.9. The molecule has 1 spiro atoms. The summed E-state index contributed by atoms with van der Waals surface area (Å²) in [6.07, 6.45) is 4.01. The molecule has 0 nitrogen and oxygen atoms in total. The molecule has 4 aromatic carbocycles. The predicted molar refractivity (Wildman–Crippen MR) is 125 cm³/mol. The molecule has 0 radical (unpaired) electrons. The van der Waals surface area contributed by atoms with E-state index in [1.54, 1.807) is 22.3 Å². The van der Waals surface area contributed by atoms with Crippen LogP contribution in [0.5, 0.6) is 0 Å². The molecule has 4 aromatic rings. The van der Waals surface area contributed by atoms with Gasteiger partial charge in [0.15, 0.2) is 0 Å². The average Bonchev–Trinajstić information content (AvgIpc) is 3.24. The third-order valence-electron chi connectivity index (χ3n) is 8.41. The number of hydrogen-bond acceptors (Lipinski definition) is 0. The molecule has 146 valence electrons. The molecule has 0 heterocycles. The van der Waals surface area contributed by atoms with Gasteiger partial charge in [0, 0.05) is 0 Å². The topological polar surface area (TPSA) is 0 Å². The second-order valence-electron chi connectivity index (χ2n) is 9.82. The summed E-state index contributed by atoms with van der Waals surface area (Å²) in [6, 6.07) is 32.5. The van der Waals surface area contributed by atoms with Gasteiger partial charge in [0.2, 0.25) is 0 Å². The molecule has 30 heavy (non-hydrogen) atoms. The van der Waals surface area contributed by atoms with Gasteiger partial charge >= 0.3 is 0 Å².